The summed E-state index contributed by atoms with van der Waals surface area (Å²) in [5.41, 5.74) is 1.04. The molecule has 6 nitrogen and oxygen atoms in total. The van der Waals surface area contributed by atoms with E-state index in [1.807, 2.05) is 12.1 Å². The van der Waals surface area contributed by atoms with Crippen LogP contribution in [0, 0.1) is 0 Å². The third-order valence-corrected chi connectivity index (χ3v) is 7.17. The molecule has 1 aliphatic carbocycles. The van der Waals surface area contributed by atoms with Gasteiger partial charge in [0.1, 0.15) is 0 Å². The molecule has 1 saturated carbocycles. The van der Waals surface area contributed by atoms with Crippen LogP contribution in [0.2, 0.25) is 0 Å². The van der Waals surface area contributed by atoms with Crippen LogP contribution in [0.15, 0.2) is 34.2 Å². The molecule has 0 atom stereocenters. The summed E-state index contributed by atoms with van der Waals surface area (Å²) in [4.78, 5) is 4.66. The third kappa shape index (κ3) is 4.76. The average Bonchev–Trinajstić information content (AvgIpc) is 3.19. The summed E-state index contributed by atoms with van der Waals surface area (Å²) in [6.45, 7) is 1.89. The van der Waals surface area contributed by atoms with Crippen molar-refractivity contribution >= 4 is 16.0 Å². The molecule has 2 N–H and O–H groups in total. The Labute approximate surface area is 157 Å². The molecule has 1 aromatic rings. The van der Waals surface area contributed by atoms with Gasteiger partial charge in [0.05, 0.1) is 4.90 Å². The number of aliphatic imine (C=N–C) groups is 1. The Balaban J connectivity index is 1.56. The minimum Gasteiger partial charge on any atom is -0.354 e. The van der Waals surface area contributed by atoms with Gasteiger partial charge in [-0.1, -0.05) is 31.4 Å². The second kappa shape index (κ2) is 8.86. The van der Waals surface area contributed by atoms with Gasteiger partial charge in [0, 0.05) is 32.7 Å². The summed E-state index contributed by atoms with van der Waals surface area (Å²) < 4.78 is 27.0. The first-order valence-corrected chi connectivity index (χ1v) is 11.1. The van der Waals surface area contributed by atoms with Crippen LogP contribution in [0.1, 0.15) is 50.5 Å². The molecule has 1 saturated heterocycles. The van der Waals surface area contributed by atoms with E-state index in [1.54, 1.807) is 23.5 Å². The van der Waals surface area contributed by atoms with E-state index < -0.39 is 10.0 Å². The van der Waals surface area contributed by atoms with Gasteiger partial charge in [0.2, 0.25) is 10.0 Å². The molecule has 0 amide bonds. The molecule has 1 heterocycles. The van der Waals surface area contributed by atoms with Gasteiger partial charge < -0.3 is 10.6 Å². The van der Waals surface area contributed by atoms with Gasteiger partial charge in [0.15, 0.2) is 5.96 Å². The summed E-state index contributed by atoms with van der Waals surface area (Å²) in [6, 6.07) is 7.71. The summed E-state index contributed by atoms with van der Waals surface area (Å²) >= 11 is 0. The van der Waals surface area contributed by atoms with Crippen molar-refractivity contribution in [3.8, 4) is 0 Å². The standard InChI is InChI=1S/C19H30N4O2S/c1-20-19(22-17-7-3-4-8-17)21-15-16-9-11-18(12-10-16)26(24,25)23-13-5-2-6-14-23/h9-12,17H,2-8,13-15H2,1H3,(H2,20,21,22). The normalized spacial score (nSPS) is 20.3. The van der Waals surface area contributed by atoms with Gasteiger partial charge in [-0.2, -0.15) is 4.31 Å². The number of rotatable bonds is 5. The van der Waals surface area contributed by atoms with Gasteiger partial charge in [-0.3, -0.25) is 4.99 Å². The number of benzene rings is 1. The minimum absolute atomic E-state index is 0.386. The maximum Gasteiger partial charge on any atom is 0.243 e. The van der Waals surface area contributed by atoms with Crippen molar-refractivity contribution in [2.75, 3.05) is 20.1 Å². The van der Waals surface area contributed by atoms with E-state index in [2.05, 4.69) is 15.6 Å². The van der Waals surface area contributed by atoms with Gasteiger partial charge in [-0.25, -0.2) is 8.42 Å². The monoisotopic (exact) mass is 378 g/mol. The second-order valence-electron chi connectivity index (χ2n) is 7.16. The second-order valence-corrected chi connectivity index (χ2v) is 9.10. The molecule has 26 heavy (non-hydrogen) atoms. The Morgan fingerprint density at radius 2 is 1.73 bits per heavy atom. The Kier molecular flexibility index (Phi) is 6.53. The first-order chi connectivity index (χ1) is 12.6. The van der Waals surface area contributed by atoms with Gasteiger partial charge in [-0.15, -0.1) is 0 Å². The minimum atomic E-state index is -3.35. The Bertz CT molecular complexity index is 704. The molecule has 1 aromatic carbocycles. The van der Waals surface area contributed by atoms with E-state index in [-0.39, 0.29) is 0 Å². The molecule has 0 bridgehead atoms. The smallest absolute Gasteiger partial charge is 0.243 e. The van der Waals surface area contributed by atoms with Crippen molar-refractivity contribution in [2.24, 2.45) is 4.99 Å². The molecule has 0 aromatic heterocycles. The fourth-order valence-corrected chi connectivity index (χ4v) is 5.19. The maximum absolute atomic E-state index is 12.7. The fourth-order valence-electron chi connectivity index (χ4n) is 3.68. The lowest BCUT2D eigenvalue weighted by Crippen LogP contribution is -2.41. The average molecular weight is 379 g/mol. The predicted octanol–water partition coefficient (Wildman–Crippen LogP) is 2.47. The van der Waals surface area contributed by atoms with Crippen LogP contribution in [-0.2, 0) is 16.6 Å². The molecular weight excluding hydrogens is 348 g/mol. The lowest BCUT2D eigenvalue weighted by molar-refractivity contribution is 0.346. The van der Waals surface area contributed by atoms with Crippen molar-refractivity contribution in [1.82, 2.24) is 14.9 Å². The highest BCUT2D eigenvalue weighted by Gasteiger charge is 2.25. The molecule has 0 unspecified atom stereocenters. The SMILES string of the molecule is CN=C(NCc1ccc(S(=O)(=O)N2CCCCC2)cc1)NC1CCCC1. The maximum atomic E-state index is 12.7. The van der Waals surface area contributed by atoms with Crippen LogP contribution in [0.25, 0.3) is 0 Å². The summed E-state index contributed by atoms with van der Waals surface area (Å²) in [5, 5.41) is 6.76. The number of guanidine groups is 1. The first kappa shape index (κ1) is 19.2. The molecule has 0 radical (unpaired) electrons. The molecule has 144 valence electrons. The van der Waals surface area contributed by atoms with Crippen molar-refractivity contribution in [3.63, 3.8) is 0 Å². The lowest BCUT2D eigenvalue weighted by atomic mass is 10.2. The van der Waals surface area contributed by atoms with Crippen LogP contribution in [0.3, 0.4) is 0 Å². The van der Waals surface area contributed by atoms with Gasteiger partial charge in [-0.05, 0) is 43.4 Å². The van der Waals surface area contributed by atoms with E-state index in [1.165, 1.54) is 25.7 Å². The molecular formula is C19H30N4O2S. The van der Waals surface area contributed by atoms with Crippen LogP contribution in [0.5, 0.6) is 0 Å². The highest BCUT2D eigenvalue weighted by Crippen LogP contribution is 2.21. The summed E-state index contributed by atoms with van der Waals surface area (Å²) in [5.74, 6) is 0.807. The van der Waals surface area contributed by atoms with E-state index >= 15 is 0 Å². The highest BCUT2D eigenvalue weighted by atomic mass is 32.2. The lowest BCUT2D eigenvalue weighted by Gasteiger charge is -2.25. The van der Waals surface area contributed by atoms with Gasteiger partial charge in [0.25, 0.3) is 0 Å². The number of hydrogen-bond acceptors (Lipinski definition) is 3. The summed E-state index contributed by atoms with van der Waals surface area (Å²) in [7, 11) is -1.58. The Morgan fingerprint density at radius 1 is 1.08 bits per heavy atom. The molecule has 0 spiro atoms. The zero-order chi connectivity index (χ0) is 18.4. The zero-order valence-electron chi connectivity index (χ0n) is 15.6. The molecule has 1 aliphatic heterocycles. The van der Waals surface area contributed by atoms with Crippen molar-refractivity contribution in [1.29, 1.82) is 0 Å². The van der Waals surface area contributed by atoms with E-state index in [9.17, 15) is 8.42 Å². The van der Waals surface area contributed by atoms with E-state index in [4.69, 9.17) is 0 Å². The van der Waals surface area contributed by atoms with Crippen molar-refractivity contribution in [2.45, 2.75) is 62.4 Å². The fraction of sp³-hybridized carbons (Fsp3) is 0.632. The molecule has 7 heteroatoms. The quantitative estimate of drug-likeness (QED) is 0.610. The highest BCUT2D eigenvalue weighted by molar-refractivity contribution is 7.89. The van der Waals surface area contributed by atoms with Crippen LogP contribution < -0.4 is 10.6 Å². The zero-order valence-corrected chi connectivity index (χ0v) is 16.4. The number of nitrogens with zero attached hydrogens (tertiary/aromatic N) is 2. The number of sulfonamides is 1. The third-order valence-electron chi connectivity index (χ3n) is 5.26. The van der Waals surface area contributed by atoms with Gasteiger partial charge >= 0.3 is 0 Å². The summed E-state index contributed by atoms with van der Waals surface area (Å²) in [6.07, 6.45) is 7.98. The largest absolute Gasteiger partial charge is 0.354 e. The van der Waals surface area contributed by atoms with Crippen LogP contribution in [0.4, 0.5) is 0 Å². The molecule has 2 fully saturated rings. The topological polar surface area (TPSA) is 73.8 Å². The van der Waals surface area contributed by atoms with Crippen molar-refractivity contribution in [3.05, 3.63) is 29.8 Å². The molecule has 2 aliphatic rings. The Hall–Kier alpha value is -1.60. The van der Waals surface area contributed by atoms with Crippen LogP contribution in [-0.4, -0.2) is 44.9 Å². The first-order valence-electron chi connectivity index (χ1n) is 9.66. The number of nitrogens with one attached hydrogen (secondary N) is 2. The van der Waals surface area contributed by atoms with Crippen LogP contribution >= 0.6 is 0 Å². The Morgan fingerprint density at radius 3 is 2.35 bits per heavy atom. The number of piperidine rings is 1. The predicted molar refractivity (Wildman–Crippen MR) is 105 cm³/mol. The molecule has 3 rings (SSSR count). The van der Waals surface area contributed by atoms with E-state index in [0.717, 1.165) is 30.8 Å². The van der Waals surface area contributed by atoms with E-state index in [0.29, 0.717) is 30.6 Å². The number of hydrogen-bond donors (Lipinski definition) is 2. The van der Waals surface area contributed by atoms with Crippen molar-refractivity contribution < 1.29 is 8.42 Å².